The van der Waals surface area contributed by atoms with E-state index in [0.29, 0.717) is 5.54 Å². The second-order valence-electron chi connectivity index (χ2n) is 5.65. The number of likely N-dealkylation sites (tertiary alicyclic amines) is 1. The van der Waals surface area contributed by atoms with E-state index in [1.165, 1.54) is 64.6 Å². The molecule has 1 N–H and O–H groups in total. The fourth-order valence-corrected chi connectivity index (χ4v) is 3.65. The summed E-state index contributed by atoms with van der Waals surface area (Å²) >= 11 is 0. The summed E-state index contributed by atoms with van der Waals surface area (Å²) in [4.78, 5) is 2.71. The van der Waals surface area contributed by atoms with E-state index in [1.807, 2.05) is 0 Å². The van der Waals surface area contributed by atoms with E-state index in [-0.39, 0.29) is 0 Å². The highest BCUT2D eigenvalue weighted by molar-refractivity contribution is 4.96. The van der Waals surface area contributed by atoms with E-state index < -0.39 is 0 Å². The van der Waals surface area contributed by atoms with Crippen molar-refractivity contribution in [2.24, 2.45) is 0 Å². The van der Waals surface area contributed by atoms with Crippen LogP contribution in [0.4, 0.5) is 0 Å². The lowest BCUT2D eigenvalue weighted by atomic mass is 9.83. The smallest absolute Gasteiger partial charge is 0.0194 e. The first kappa shape index (κ1) is 12.4. The number of hydrogen-bond acceptors (Lipinski definition) is 2. The molecule has 2 aliphatic heterocycles. The molecule has 94 valence electrons. The predicted octanol–water partition coefficient (Wildman–Crippen LogP) is 2.78. The van der Waals surface area contributed by atoms with Crippen LogP contribution in [-0.2, 0) is 0 Å². The normalized spacial score (nSPS) is 36.8. The van der Waals surface area contributed by atoms with Crippen LogP contribution in [0.1, 0.15) is 58.8 Å². The Kier molecular flexibility index (Phi) is 4.26. The summed E-state index contributed by atoms with van der Waals surface area (Å²) in [5.41, 5.74) is 0.482. The van der Waals surface area contributed by atoms with Crippen molar-refractivity contribution in [3.8, 4) is 0 Å². The van der Waals surface area contributed by atoms with Gasteiger partial charge < -0.3 is 10.2 Å². The van der Waals surface area contributed by atoms with Crippen molar-refractivity contribution in [1.82, 2.24) is 10.2 Å². The van der Waals surface area contributed by atoms with Gasteiger partial charge in [-0.25, -0.2) is 0 Å². The third-order valence-corrected chi connectivity index (χ3v) is 4.79. The Morgan fingerprint density at radius 1 is 1.25 bits per heavy atom. The van der Waals surface area contributed by atoms with Crippen LogP contribution in [-0.4, -0.2) is 36.1 Å². The molecule has 2 saturated heterocycles. The first-order chi connectivity index (χ1) is 7.79. The van der Waals surface area contributed by atoms with Crippen LogP contribution in [0.5, 0.6) is 0 Å². The van der Waals surface area contributed by atoms with Crippen molar-refractivity contribution < 1.29 is 0 Å². The van der Waals surface area contributed by atoms with Gasteiger partial charge in [-0.1, -0.05) is 20.3 Å². The average molecular weight is 224 g/mol. The second kappa shape index (κ2) is 5.50. The Balaban J connectivity index is 1.95. The van der Waals surface area contributed by atoms with Crippen LogP contribution in [0, 0.1) is 0 Å². The van der Waals surface area contributed by atoms with E-state index in [9.17, 15) is 0 Å². The summed E-state index contributed by atoms with van der Waals surface area (Å²) in [6.45, 7) is 8.49. The Morgan fingerprint density at radius 2 is 2.12 bits per heavy atom. The summed E-state index contributed by atoms with van der Waals surface area (Å²) < 4.78 is 0. The number of nitrogens with zero attached hydrogens (tertiary/aromatic N) is 1. The SMILES string of the molecule is CCN1CCCCC1CC1(CC)CCCN1. The van der Waals surface area contributed by atoms with Gasteiger partial charge in [-0.05, 0) is 58.2 Å². The van der Waals surface area contributed by atoms with Gasteiger partial charge in [0.1, 0.15) is 0 Å². The summed E-state index contributed by atoms with van der Waals surface area (Å²) in [6.07, 6.45) is 9.76. The minimum atomic E-state index is 0.482. The molecule has 2 heteroatoms. The van der Waals surface area contributed by atoms with Crippen LogP contribution in [0.2, 0.25) is 0 Å². The van der Waals surface area contributed by atoms with Gasteiger partial charge in [-0.2, -0.15) is 0 Å². The van der Waals surface area contributed by atoms with Crippen LogP contribution in [0.3, 0.4) is 0 Å². The highest BCUT2D eigenvalue weighted by Crippen LogP contribution is 2.32. The van der Waals surface area contributed by atoms with Gasteiger partial charge in [-0.15, -0.1) is 0 Å². The maximum atomic E-state index is 3.79. The molecule has 0 spiro atoms. The Bertz CT molecular complexity index is 209. The molecule has 0 saturated carbocycles. The number of hydrogen-bond donors (Lipinski definition) is 1. The number of piperidine rings is 1. The highest BCUT2D eigenvalue weighted by Gasteiger charge is 2.36. The molecule has 16 heavy (non-hydrogen) atoms. The van der Waals surface area contributed by atoms with E-state index in [0.717, 1.165) is 6.04 Å². The van der Waals surface area contributed by atoms with Gasteiger partial charge in [0.15, 0.2) is 0 Å². The number of rotatable bonds is 4. The molecule has 0 amide bonds. The van der Waals surface area contributed by atoms with Crippen molar-refractivity contribution in [2.75, 3.05) is 19.6 Å². The molecule has 2 unspecified atom stereocenters. The van der Waals surface area contributed by atoms with Crippen molar-refractivity contribution >= 4 is 0 Å². The van der Waals surface area contributed by atoms with Gasteiger partial charge in [0.05, 0.1) is 0 Å². The van der Waals surface area contributed by atoms with E-state index in [4.69, 9.17) is 0 Å². The molecule has 0 aliphatic carbocycles. The standard InChI is InChI=1S/C14H28N2/c1-3-14(9-7-10-15-14)12-13-8-5-6-11-16(13)4-2/h13,15H,3-12H2,1-2H3. The van der Waals surface area contributed by atoms with E-state index in [2.05, 4.69) is 24.1 Å². The molecule has 0 aromatic carbocycles. The molecule has 2 rings (SSSR count). The Labute approximate surface area is 101 Å². The molecular weight excluding hydrogens is 196 g/mol. The van der Waals surface area contributed by atoms with Crippen molar-refractivity contribution in [1.29, 1.82) is 0 Å². The molecule has 0 bridgehead atoms. The third kappa shape index (κ3) is 2.60. The lowest BCUT2D eigenvalue weighted by molar-refractivity contribution is 0.116. The van der Waals surface area contributed by atoms with Gasteiger partial charge >= 0.3 is 0 Å². The van der Waals surface area contributed by atoms with Crippen LogP contribution < -0.4 is 5.32 Å². The predicted molar refractivity (Wildman–Crippen MR) is 69.8 cm³/mol. The van der Waals surface area contributed by atoms with Gasteiger partial charge in [-0.3, -0.25) is 0 Å². The van der Waals surface area contributed by atoms with Gasteiger partial charge in [0, 0.05) is 11.6 Å². The molecule has 2 aliphatic rings. The maximum Gasteiger partial charge on any atom is 0.0194 e. The van der Waals surface area contributed by atoms with E-state index >= 15 is 0 Å². The second-order valence-corrected chi connectivity index (χ2v) is 5.65. The van der Waals surface area contributed by atoms with Gasteiger partial charge in [0.2, 0.25) is 0 Å². The molecule has 2 fully saturated rings. The minimum absolute atomic E-state index is 0.482. The first-order valence-corrected chi connectivity index (χ1v) is 7.29. The third-order valence-electron chi connectivity index (χ3n) is 4.79. The summed E-state index contributed by atoms with van der Waals surface area (Å²) in [5, 5.41) is 3.79. The Morgan fingerprint density at radius 3 is 2.75 bits per heavy atom. The minimum Gasteiger partial charge on any atom is -0.311 e. The summed E-state index contributed by atoms with van der Waals surface area (Å²) in [6, 6.07) is 0.851. The molecule has 0 radical (unpaired) electrons. The lowest BCUT2D eigenvalue weighted by Gasteiger charge is -2.40. The number of nitrogens with one attached hydrogen (secondary N) is 1. The van der Waals surface area contributed by atoms with Crippen LogP contribution in [0.25, 0.3) is 0 Å². The monoisotopic (exact) mass is 224 g/mol. The molecule has 2 atom stereocenters. The fourth-order valence-electron chi connectivity index (χ4n) is 3.65. The zero-order valence-corrected chi connectivity index (χ0v) is 11.1. The molecular formula is C14H28N2. The van der Waals surface area contributed by atoms with E-state index in [1.54, 1.807) is 0 Å². The van der Waals surface area contributed by atoms with Crippen molar-refractivity contribution in [2.45, 2.75) is 70.4 Å². The van der Waals surface area contributed by atoms with Crippen LogP contribution in [0.15, 0.2) is 0 Å². The van der Waals surface area contributed by atoms with Gasteiger partial charge in [0.25, 0.3) is 0 Å². The summed E-state index contributed by atoms with van der Waals surface area (Å²) in [7, 11) is 0. The lowest BCUT2D eigenvalue weighted by Crippen LogP contribution is -2.48. The maximum absolute atomic E-state index is 3.79. The summed E-state index contributed by atoms with van der Waals surface area (Å²) in [5.74, 6) is 0. The van der Waals surface area contributed by atoms with Crippen molar-refractivity contribution in [3.05, 3.63) is 0 Å². The topological polar surface area (TPSA) is 15.3 Å². The molecule has 2 nitrogen and oxygen atoms in total. The quantitative estimate of drug-likeness (QED) is 0.790. The zero-order chi connectivity index (χ0) is 11.4. The average Bonchev–Trinajstić information content (AvgIpc) is 2.79. The van der Waals surface area contributed by atoms with Crippen molar-refractivity contribution in [3.63, 3.8) is 0 Å². The zero-order valence-electron chi connectivity index (χ0n) is 11.1. The molecule has 0 aromatic heterocycles. The largest absolute Gasteiger partial charge is 0.311 e. The molecule has 2 heterocycles. The first-order valence-electron chi connectivity index (χ1n) is 7.29. The van der Waals surface area contributed by atoms with Crippen LogP contribution >= 0.6 is 0 Å². The molecule has 0 aromatic rings. The highest BCUT2D eigenvalue weighted by atomic mass is 15.2. The Hall–Kier alpha value is -0.0800. The fraction of sp³-hybridized carbons (Fsp3) is 1.00.